The van der Waals surface area contributed by atoms with Gasteiger partial charge in [-0.3, -0.25) is 5.84 Å². The van der Waals surface area contributed by atoms with E-state index in [-0.39, 0.29) is 6.04 Å². The van der Waals surface area contributed by atoms with Crippen LogP contribution in [0.5, 0.6) is 0 Å². The maximum atomic E-state index is 5.75. The fourth-order valence-corrected chi connectivity index (χ4v) is 3.00. The first-order valence-electron chi connectivity index (χ1n) is 6.73. The average Bonchev–Trinajstić information content (AvgIpc) is 2.91. The number of imidazole rings is 1. The largest absolute Gasteiger partial charge is 0.334 e. The predicted molar refractivity (Wildman–Crippen MR) is 69.1 cm³/mol. The van der Waals surface area contributed by atoms with Crippen LogP contribution in [0.2, 0.25) is 0 Å². The molecule has 4 heteroatoms. The molecule has 0 amide bonds. The van der Waals surface area contributed by atoms with Gasteiger partial charge in [0.2, 0.25) is 0 Å². The molecule has 2 rings (SSSR count). The average molecular weight is 236 g/mol. The monoisotopic (exact) mass is 236 g/mol. The topological polar surface area (TPSA) is 55.9 Å². The van der Waals surface area contributed by atoms with Crippen molar-refractivity contribution in [2.45, 2.75) is 52.1 Å². The Bertz CT molecular complexity index is 347. The Balaban J connectivity index is 2.14. The molecule has 1 aromatic rings. The number of hydrogen-bond acceptors (Lipinski definition) is 3. The van der Waals surface area contributed by atoms with Crippen molar-refractivity contribution in [3.8, 4) is 0 Å². The van der Waals surface area contributed by atoms with Gasteiger partial charge in [0.15, 0.2) is 0 Å². The number of aromatic nitrogens is 2. The molecule has 1 heterocycles. The van der Waals surface area contributed by atoms with Crippen LogP contribution in [0.3, 0.4) is 0 Å². The Kier molecular flexibility index (Phi) is 4.18. The Morgan fingerprint density at radius 2 is 2.41 bits per heavy atom. The third-order valence-electron chi connectivity index (χ3n) is 3.88. The van der Waals surface area contributed by atoms with E-state index in [1.54, 1.807) is 0 Å². The van der Waals surface area contributed by atoms with Crippen LogP contribution in [0.4, 0.5) is 0 Å². The molecule has 0 bridgehead atoms. The summed E-state index contributed by atoms with van der Waals surface area (Å²) in [4.78, 5) is 4.50. The molecule has 0 aromatic carbocycles. The van der Waals surface area contributed by atoms with E-state index in [1.807, 2.05) is 6.20 Å². The van der Waals surface area contributed by atoms with E-state index in [2.05, 4.69) is 35.0 Å². The molecule has 0 aliphatic heterocycles. The highest BCUT2D eigenvalue weighted by Crippen LogP contribution is 2.38. The molecule has 0 spiro atoms. The van der Waals surface area contributed by atoms with Crippen molar-refractivity contribution in [3.63, 3.8) is 0 Å². The first kappa shape index (κ1) is 12.6. The van der Waals surface area contributed by atoms with Crippen LogP contribution in [-0.2, 0) is 6.54 Å². The Morgan fingerprint density at radius 3 is 3.00 bits per heavy atom. The van der Waals surface area contributed by atoms with Crippen molar-refractivity contribution < 1.29 is 0 Å². The fraction of sp³-hybridized carbons (Fsp3) is 0.769. The number of nitrogens with zero attached hydrogens (tertiary/aromatic N) is 2. The molecule has 17 heavy (non-hydrogen) atoms. The molecule has 0 saturated heterocycles. The van der Waals surface area contributed by atoms with Crippen LogP contribution in [0, 0.1) is 11.8 Å². The van der Waals surface area contributed by atoms with Crippen LogP contribution >= 0.6 is 0 Å². The summed E-state index contributed by atoms with van der Waals surface area (Å²) in [5, 5.41) is 0. The lowest BCUT2D eigenvalue weighted by Crippen LogP contribution is -2.34. The van der Waals surface area contributed by atoms with E-state index in [1.165, 1.54) is 19.3 Å². The molecule has 3 unspecified atom stereocenters. The number of hydrazine groups is 1. The van der Waals surface area contributed by atoms with E-state index in [4.69, 9.17) is 5.84 Å². The number of hydrogen-bond donors (Lipinski definition) is 2. The fourth-order valence-electron chi connectivity index (χ4n) is 3.00. The van der Waals surface area contributed by atoms with Crippen LogP contribution < -0.4 is 11.3 Å². The van der Waals surface area contributed by atoms with Gasteiger partial charge in [0.25, 0.3) is 0 Å². The first-order chi connectivity index (χ1) is 8.26. The number of nitrogens with two attached hydrogens (primary N) is 1. The Hall–Kier alpha value is -0.870. The van der Waals surface area contributed by atoms with Gasteiger partial charge in [-0.1, -0.05) is 20.3 Å². The molecule has 1 fully saturated rings. The summed E-state index contributed by atoms with van der Waals surface area (Å²) >= 11 is 0. The highest BCUT2D eigenvalue weighted by atomic mass is 15.3. The van der Waals surface area contributed by atoms with Gasteiger partial charge in [-0.2, -0.15) is 0 Å². The smallest absolute Gasteiger partial charge is 0.127 e. The van der Waals surface area contributed by atoms with Gasteiger partial charge >= 0.3 is 0 Å². The van der Waals surface area contributed by atoms with Crippen molar-refractivity contribution in [2.24, 2.45) is 17.7 Å². The van der Waals surface area contributed by atoms with Crippen molar-refractivity contribution >= 4 is 0 Å². The number of rotatable bonds is 5. The SMILES string of the molecule is CCCn1ccnc1C(NN)C1CCC(C)C1. The molecule has 0 radical (unpaired) electrons. The lowest BCUT2D eigenvalue weighted by atomic mass is 9.96. The molecule has 1 aliphatic carbocycles. The molecule has 3 atom stereocenters. The lowest BCUT2D eigenvalue weighted by molar-refractivity contribution is 0.339. The molecule has 96 valence electrons. The summed E-state index contributed by atoms with van der Waals surface area (Å²) in [6.07, 6.45) is 8.90. The van der Waals surface area contributed by atoms with E-state index < -0.39 is 0 Å². The molecule has 1 aromatic heterocycles. The quantitative estimate of drug-likeness (QED) is 0.609. The van der Waals surface area contributed by atoms with Gasteiger partial charge < -0.3 is 4.57 Å². The summed E-state index contributed by atoms with van der Waals surface area (Å²) in [5.74, 6) is 8.31. The zero-order chi connectivity index (χ0) is 12.3. The maximum Gasteiger partial charge on any atom is 0.127 e. The minimum atomic E-state index is 0.210. The lowest BCUT2D eigenvalue weighted by Gasteiger charge is -2.23. The second-order valence-corrected chi connectivity index (χ2v) is 5.30. The minimum Gasteiger partial charge on any atom is -0.334 e. The third-order valence-corrected chi connectivity index (χ3v) is 3.88. The summed E-state index contributed by atoms with van der Waals surface area (Å²) < 4.78 is 2.23. The summed E-state index contributed by atoms with van der Waals surface area (Å²) in [7, 11) is 0. The molecular weight excluding hydrogens is 212 g/mol. The van der Waals surface area contributed by atoms with Gasteiger partial charge in [-0.25, -0.2) is 10.4 Å². The van der Waals surface area contributed by atoms with Gasteiger partial charge in [0.05, 0.1) is 6.04 Å². The second kappa shape index (κ2) is 5.65. The van der Waals surface area contributed by atoms with Crippen LogP contribution in [0.15, 0.2) is 12.4 Å². The van der Waals surface area contributed by atoms with E-state index >= 15 is 0 Å². The second-order valence-electron chi connectivity index (χ2n) is 5.30. The summed E-state index contributed by atoms with van der Waals surface area (Å²) in [5.41, 5.74) is 2.98. The van der Waals surface area contributed by atoms with Crippen LogP contribution in [0.1, 0.15) is 51.4 Å². The van der Waals surface area contributed by atoms with Crippen molar-refractivity contribution in [2.75, 3.05) is 0 Å². The van der Waals surface area contributed by atoms with Gasteiger partial charge in [-0.05, 0) is 31.1 Å². The molecule has 3 N–H and O–H groups in total. The van der Waals surface area contributed by atoms with Crippen LogP contribution in [-0.4, -0.2) is 9.55 Å². The van der Waals surface area contributed by atoms with E-state index in [0.717, 1.165) is 24.7 Å². The number of nitrogens with one attached hydrogen (secondary N) is 1. The molecular formula is C13H24N4. The first-order valence-corrected chi connectivity index (χ1v) is 6.73. The molecule has 1 saturated carbocycles. The van der Waals surface area contributed by atoms with Crippen LogP contribution in [0.25, 0.3) is 0 Å². The highest BCUT2D eigenvalue weighted by molar-refractivity contribution is 5.02. The van der Waals surface area contributed by atoms with Gasteiger partial charge in [0.1, 0.15) is 5.82 Å². The molecule has 1 aliphatic rings. The van der Waals surface area contributed by atoms with Crippen molar-refractivity contribution in [1.82, 2.24) is 15.0 Å². The number of aryl methyl sites for hydroxylation is 1. The van der Waals surface area contributed by atoms with Crippen molar-refractivity contribution in [3.05, 3.63) is 18.2 Å². The highest BCUT2D eigenvalue weighted by Gasteiger charge is 2.31. The zero-order valence-corrected chi connectivity index (χ0v) is 10.9. The van der Waals surface area contributed by atoms with E-state index in [9.17, 15) is 0 Å². The summed E-state index contributed by atoms with van der Waals surface area (Å²) in [6, 6.07) is 0.210. The predicted octanol–water partition coefficient (Wildman–Crippen LogP) is 2.23. The standard InChI is InChI=1S/C13H24N4/c1-3-7-17-8-6-15-13(17)12(16-14)11-5-4-10(2)9-11/h6,8,10-12,16H,3-5,7,9,14H2,1-2H3. The van der Waals surface area contributed by atoms with Crippen molar-refractivity contribution in [1.29, 1.82) is 0 Å². The Morgan fingerprint density at radius 1 is 1.59 bits per heavy atom. The zero-order valence-electron chi connectivity index (χ0n) is 10.9. The minimum absolute atomic E-state index is 0.210. The normalized spacial score (nSPS) is 26.3. The third kappa shape index (κ3) is 2.69. The Labute approximate surface area is 104 Å². The summed E-state index contributed by atoms with van der Waals surface area (Å²) in [6.45, 7) is 5.54. The molecule has 4 nitrogen and oxygen atoms in total. The maximum absolute atomic E-state index is 5.75. The van der Waals surface area contributed by atoms with Gasteiger partial charge in [0, 0.05) is 18.9 Å². The van der Waals surface area contributed by atoms with Gasteiger partial charge in [-0.15, -0.1) is 0 Å². The van der Waals surface area contributed by atoms with E-state index in [0.29, 0.717) is 5.92 Å².